The van der Waals surface area contributed by atoms with E-state index in [1.165, 1.54) is 11.1 Å². The molecule has 0 saturated carbocycles. The van der Waals surface area contributed by atoms with Crippen LogP contribution in [0, 0.1) is 0 Å². The number of thioether (sulfide) groups is 1. The summed E-state index contributed by atoms with van der Waals surface area (Å²) >= 11 is 1.80. The van der Waals surface area contributed by atoms with Crippen molar-refractivity contribution in [3.8, 4) is 0 Å². The van der Waals surface area contributed by atoms with E-state index in [1.807, 2.05) is 6.92 Å². The molecular formula is C18H27NO2S. The first kappa shape index (κ1) is 17.4. The minimum atomic E-state index is -1.17. The van der Waals surface area contributed by atoms with Gasteiger partial charge in [0.25, 0.3) is 5.91 Å². The molecule has 1 saturated heterocycles. The normalized spacial score (nSPS) is 19.0. The first-order valence-corrected chi connectivity index (χ1v) is 9.26. The van der Waals surface area contributed by atoms with Crippen molar-refractivity contribution in [3.63, 3.8) is 0 Å². The summed E-state index contributed by atoms with van der Waals surface area (Å²) in [7, 11) is 0. The average molecular weight is 321 g/mol. The summed E-state index contributed by atoms with van der Waals surface area (Å²) < 4.78 is 0. The second-order valence-electron chi connectivity index (χ2n) is 6.62. The number of hydrogen-bond acceptors (Lipinski definition) is 3. The van der Waals surface area contributed by atoms with E-state index in [1.54, 1.807) is 11.8 Å². The number of rotatable bonds is 5. The second-order valence-corrected chi connectivity index (χ2v) is 7.84. The largest absolute Gasteiger partial charge is 0.380 e. The molecule has 1 fully saturated rings. The predicted octanol–water partition coefficient (Wildman–Crippen LogP) is 3.12. The van der Waals surface area contributed by atoms with E-state index in [2.05, 4.69) is 43.4 Å². The van der Waals surface area contributed by atoms with Crippen LogP contribution in [-0.4, -0.2) is 34.2 Å². The molecule has 122 valence electrons. The van der Waals surface area contributed by atoms with E-state index >= 15 is 0 Å². The Morgan fingerprint density at radius 1 is 1.23 bits per heavy atom. The molecule has 0 spiro atoms. The molecule has 1 atom stereocenters. The quantitative estimate of drug-likeness (QED) is 0.876. The Balaban J connectivity index is 1.89. The Morgan fingerprint density at radius 3 is 2.36 bits per heavy atom. The highest BCUT2D eigenvalue weighted by Crippen LogP contribution is 2.27. The molecule has 3 nitrogen and oxygen atoms in total. The zero-order valence-electron chi connectivity index (χ0n) is 13.8. The van der Waals surface area contributed by atoms with E-state index in [4.69, 9.17) is 0 Å². The van der Waals surface area contributed by atoms with Crippen LogP contribution in [0.4, 0.5) is 0 Å². The highest BCUT2D eigenvalue weighted by molar-refractivity contribution is 7.99. The standard InChI is InChI=1S/C18H27NO2S/c1-13(2)16-6-4-15(5-7-16)12-14(3)19-17(20)18(21)8-10-22-11-9-18/h4-7,13-14,21H,8-12H2,1-3H3,(H,19,20). The first-order valence-electron chi connectivity index (χ1n) is 8.10. The van der Waals surface area contributed by atoms with Gasteiger partial charge in [0.15, 0.2) is 0 Å². The van der Waals surface area contributed by atoms with Crippen LogP contribution in [0.5, 0.6) is 0 Å². The number of benzene rings is 1. The number of carbonyl (C=O) groups excluding carboxylic acids is 1. The summed E-state index contributed by atoms with van der Waals surface area (Å²) in [5, 5.41) is 13.4. The molecule has 0 bridgehead atoms. The lowest BCUT2D eigenvalue weighted by atomic mass is 9.94. The third kappa shape index (κ3) is 4.50. The van der Waals surface area contributed by atoms with Crippen LogP contribution in [0.25, 0.3) is 0 Å². The minimum Gasteiger partial charge on any atom is -0.380 e. The van der Waals surface area contributed by atoms with Gasteiger partial charge in [0.1, 0.15) is 5.60 Å². The maximum Gasteiger partial charge on any atom is 0.252 e. The van der Waals surface area contributed by atoms with Gasteiger partial charge in [-0.3, -0.25) is 4.79 Å². The minimum absolute atomic E-state index is 0.0241. The third-order valence-electron chi connectivity index (χ3n) is 4.31. The molecule has 22 heavy (non-hydrogen) atoms. The molecule has 2 N–H and O–H groups in total. The van der Waals surface area contributed by atoms with Gasteiger partial charge in [-0.15, -0.1) is 0 Å². The van der Waals surface area contributed by atoms with Crippen molar-refractivity contribution in [2.75, 3.05) is 11.5 Å². The zero-order chi connectivity index (χ0) is 16.2. The van der Waals surface area contributed by atoms with Crippen LogP contribution >= 0.6 is 11.8 Å². The number of nitrogens with one attached hydrogen (secondary N) is 1. The molecule has 1 heterocycles. The second kappa shape index (κ2) is 7.51. The van der Waals surface area contributed by atoms with Crippen LogP contribution < -0.4 is 5.32 Å². The van der Waals surface area contributed by atoms with Gasteiger partial charge < -0.3 is 10.4 Å². The lowest BCUT2D eigenvalue weighted by molar-refractivity contribution is -0.141. The SMILES string of the molecule is CC(Cc1ccc(C(C)C)cc1)NC(=O)C1(O)CCSCC1. The molecule has 4 heteroatoms. The van der Waals surface area contributed by atoms with Crippen molar-refractivity contribution in [1.82, 2.24) is 5.32 Å². The van der Waals surface area contributed by atoms with Gasteiger partial charge in [0.05, 0.1) is 0 Å². The molecule has 1 aromatic rings. The van der Waals surface area contributed by atoms with Gasteiger partial charge in [-0.25, -0.2) is 0 Å². The zero-order valence-corrected chi connectivity index (χ0v) is 14.6. The Bertz CT molecular complexity index is 492. The van der Waals surface area contributed by atoms with Crippen LogP contribution in [-0.2, 0) is 11.2 Å². The van der Waals surface area contributed by atoms with Crippen LogP contribution in [0.3, 0.4) is 0 Å². The fourth-order valence-corrected chi connectivity index (χ4v) is 3.91. The Kier molecular flexibility index (Phi) is 5.93. The summed E-state index contributed by atoms with van der Waals surface area (Å²) in [4.78, 5) is 12.3. The summed E-state index contributed by atoms with van der Waals surface area (Å²) in [6.45, 7) is 6.36. The molecule has 1 unspecified atom stereocenters. The maximum absolute atomic E-state index is 12.3. The van der Waals surface area contributed by atoms with Crippen molar-refractivity contribution < 1.29 is 9.90 Å². The molecular weight excluding hydrogens is 294 g/mol. The van der Waals surface area contributed by atoms with E-state index in [0.29, 0.717) is 18.8 Å². The van der Waals surface area contributed by atoms with Crippen LogP contribution in [0.2, 0.25) is 0 Å². The number of hydrogen-bond donors (Lipinski definition) is 2. The van der Waals surface area contributed by atoms with E-state index in [-0.39, 0.29) is 11.9 Å². The lowest BCUT2D eigenvalue weighted by Gasteiger charge is -2.31. The summed E-state index contributed by atoms with van der Waals surface area (Å²) in [5.74, 6) is 2.04. The molecule has 0 aliphatic carbocycles. The van der Waals surface area contributed by atoms with Crippen molar-refractivity contribution >= 4 is 17.7 Å². The van der Waals surface area contributed by atoms with E-state index in [0.717, 1.165) is 17.9 Å². The fourth-order valence-electron chi connectivity index (χ4n) is 2.74. The smallest absolute Gasteiger partial charge is 0.252 e. The molecule has 1 aliphatic rings. The van der Waals surface area contributed by atoms with Crippen molar-refractivity contribution in [2.45, 2.75) is 57.6 Å². The van der Waals surface area contributed by atoms with Gasteiger partial charge >= 0.3 is 0 Å². The van der Waals surface area contributed by atoms with E-state index < -0.39 is 5.60 Å². The molecule has 1 aliphatic heterocycles. The fraction of sp³-hybridized carbons (Fsp3) is 0.611. The van der Waals surface area contributed by atoms with Crippen molar-refractivity contribution in [2.24, 2.45) is 0 Å². The summed E-state index contributed by atoms with van der Waals surface area (Å²) in [6.07, 6.45) is 1.90. The molecule has 1 aromatic carbocycles. The Labute approximate surface area is 137 Å². The average Bonchev–Trinajstić information content (AvgIpc) is 2.48. The van der Waals surface area contributed by atoms with Gasteiger partial charge in [-0.1, -0.05) is 38.1 Å². The molecule has 1 amide bonds. The maximum atomic E-state index is 12.3. The monoisotopic (exact) mass is 321 g/mol. The predicted molar refractivity (Wildman–Crippen MR) is 93.3 cm³/mol. The van der Waals surface area contributed by atoms with Gasteiger partial charge in [-0.2, -0.15) is 11.8 Å². The molecule has 2 rings (SSSR count). The Morgan fingerprint density at radius 2 is 1.82 bits per heavy atom. The number of amides is 1. The third-order valence-corrected chi connectivity index (χ3v) is 5.29. The summed E-state index contributed by atoms with van der Waals surface area (Å²) in [5.41, 5.74) is 1.37. The summed E-state index contributed by atoms with van der Waals surface area (Å²) in [6, 6.07) is 8.59. The highest BCUT2D eigenvalue weighted by Gasteiger charge is 2.37. The highest BCUT2D eigenvalue weighted by atomic mass is 32.2. The lowest BCUT2D eigenvalue weighted by Crippen LogP contribution is -2.51. The van der Waals surface area contributed by atoms with Gasteiger partial charge in [0, 0.05) is 6.04 Å². The van der Waals surface area contributed by atoms with Crippen LogP contribution in [0.1, 0.15) is 50.7 Å². The first-order chi connectivity index (χ1) is 10.4. The molecule has 0 radical (unpaired) electrons. The Hall–Kier alpha value is -1.000. The topological polar surface area (TPSA) is 49.3 Å². The van der Waals surface area contributed by atoms with Crippen molar-refractivity contribution in [3.05, 3.63) is 35.4 Å². The number of carbonyl (C=O) groups is 1. The molecule has 0 aromatic heterocycles. The van der Waals surface area contributed by atoms with Gasteiger partial charge in [-0.05, 0) is 54.7 Å². The van der Waals surface area contributed by atoms with E-state index in [9.17, 15) is 9.90 Å². The number of aliphatic hydroxyl groups is 1. The van der Waals surface area contributed by atoms with Gasteiger partial charge in [0.2, 0.25) is 0 Å². The van der Waals surface area contributed by atoms with Crippen molar-refractivity contribution in [1.29, 1.82) is 0 Å². The van der Waals surface area contributed by atoms with Crippen LogP contribution in [0.15, 0.2) is 24.3 Å².